The Morgan fingerprint density at radius 3 is 2.12 bits per heavy atom. The maximum Gasteiger partial charge on any atom is 0.220 e. The lowest BCUT2D eigenvalue weighted by Crippen LogP contribution is -2.65. The molecule has 0 bridgehead atoms. The summed E-state index contributed by atoms with van der Waals surface area (Å²) in [7, 11) is 0. The van der Waals surface area contributed by atoms with Crippen LogP contribution in [0.1, 0.15) is 58.8 Å². The molecule has 12 atom stereocenters. The molecule has 1 amide bonds. The minimum Gasteiger partial charge on any atom is -0.394 e. The van der Waals surface area contributed by atoms with Crippen LogP contribution in [-0.2, 0) is 23.7 Å². The quantitative estimate of drug-likeness (QED) is 0.0643. The van der Waals surface area contributed by atoms with Gasteiger partial charge in [-0.3, -0.25) is 4.79 Å². The number of unbranched alkanes of at least 4 members (excludes halogenated alkanes) is 5. The zero-order valence-corrected chi connectivity index (χ0v) is 23.8. The molecule has 14 heteroatoms. The van der Waals surface area contributed by atoms with Crippen molar-refractivity contribution in [2.24, 2.45) is 0 Å². The Hall–Kier alpha value is -1.27. The number of aliphatic hydroxyl groups is 8. The molecule has 240 valence electrons. The molecular weight excluding hydrogens is 546 g/mol. The van der Waals surface area contributed by atoms with Gasteiger partial charge >= 0.3 is 0 Å². The average Bonchev–Trinajstić information content (AvgIpc) is 2.97. The third kappa shape index (κ3) is 10.4. The number of hydrogen-bond donors (Lipinski definition) is 9. The third-order valence-electron chi connectivity index (χ3n) is 7.29. The largest absolute Gasteiger partial charge is 0.394 e. The first-order chi connectivity index (χ1) is 19.6. The second-order valence-corrected chi connectivity index (χ2v) is 10.5. The highest BCUT2D eigenvalue weighted by Gasteiger charge is 2.50. The van der Waals surface area contributed by atoms with Crippen LogP contribution in [0.4, 0.5) is 0 Å². The first-order valence-electron chi connectivity index (χ1n) is 14.4. The second-order valence-electron chi connectivity index (χ2n) is 10.5. The third-order valence-corrected chi connectivity index (χ3v) is 7.29. The zero-order valence-electron chi connectivity index (χ0n) is 23.8. The van der Waals surface area contributed by atoms with Crippen molar-refractivity contribution < 1.29 is 64.6 Å². The molecule has 0 aliphatic carbocycles. The number of aliphatic hydroxyl groups excluding tert-OH is 8. The van der Waals surface area contributed by atoms with Gasteiger partial charge in [0, 0.05) is 6.42 Å². The summed E-state index contributed by atoms with van der Waals surface area (Å²) in [6, 6.07) is -0.901. The van der Waals surface area contributed by atoms with Gasteiger partial charge in [0.1, 0.15) is 48.8 Å². The molecule has 14 nitrogen and oxygen atoms in total. The van der Waals surface area contributed by atoms with E-state index in [-0.39, 0.29) is 18.9 Å². The first kappa shape index (κ1) is 35.9. The summed E-state index contributed by atoms with van der Waals surface area (Å²) in [6.07, 6.45) is -7.05. The van der Waals surface area contributed by atoms with Crippen molar-refractivity contribution in [2.75, 3.05) is 19.8 Å². The maximum atomic E-state index is 12.1. The summed E-state index contributed by atoms with van der Waals surface area (Å²) >= 11 is 0. The summed E-state index contributed by atoms with van der Waals surface area (Å²) in [5.74, 6) is -0.336. The lowest BCUT2D eigenvalue weighted by Gasteiger charge is -2.46. The van der Waals surface area contributed by atoms with Crippen molar-refractivity contribution in [3.8, 4) is 0 Å². The normalized spacial score (nSPS) is 35.9. The minimum absolute atomic E-state index is 0.162. The summed E-state index contributed by atoms with van der Waals surface area (Å²) < 4.78 is 22.0. The van der Waals surface area contributed by atoms with Gasteiger partial charge in [0.2, 0.25) is 5.91 Å². The predicted molar refractivity (Wildman–Crippen MR) is 143 cm³/mol. The number of hydrogen-bond acceptors (Lipinski definition) is 13. The second kappa shape index (κ2) is 18.4. The highest BCUT2D eigenvalue weighted by molar-refractivity contribution is 5.75. The Morgan fingerprint density at radius 1 is 0.854 bits per heavy atom. The molecule has 9 N–H and O–H groups in total. The zero-order chi connectivity index (χ0) is 30.5. The Bertz CT molecular complexity index is 769. The molecule has 2 fully saturated rings. The Balaban J connectivity index is 2.01. The van der Waals surface area contributed by atoms with Crippen LogP contribution in [0.5, 0.6) is 0 Å². The molecule has 2 rings (SSSR count). The number of allylic oxidation sites excluding steroid dienone is 1. The number of ether oxygens (including phenoxy) is 4. The van der Waals surface area contributed by atoms with Gasteiger partial charge in [0.25, 0.3) is 0 Å². The first-order valence-corrected chi connectivity index (χ1v) is 14.4. The smallest absolute Gasteiger partial charge is 0.220 e. The van der Waals surface area contributed by atoms with Crippen LogP contribution in [0, 0.1) is 0 Å². The van der Waals surface area contributed by atoms with Crippen molar-refractivity contribution in [3.05, 3.63) is 12.2 Å². The number of rotatable bonds is 17. The Kier molecular flexibility index (Phi) is 16.1. The van der Waals surface area contributed by atoms with Crippen molar-refractivity contribution in [2.45, 2.75) is 132 Å². The molecule has 0 aromatic carbocycles. The van der Waals surface area contributed by atoms with Crippen LogP contribution in [0.25, 0.3) is 0 Å². The molecule has 0 saturated carbocycles. The lowest BCUT2D eigenvalue weighted by atomic mass is 9.97. The molecule has 2 heterocycles. The molecule has 0 aromatic rings. The Morgan fingerprint density at radius 2 is 1.49 bits per heavy atom. The monoisotopic (exact) mass is 595 g/mol. The molecule has 0 aromatic heterocycles. The van der Waals surface area contributed by atoms with Crippen molar-refractivity contribution in [1.82, 2.24) is 5.32 Å². The van der Waals surface area contributed by atoms with E-state index in [0.717, 1.165) is 32.1 Å². The van der Waals surface area contributed by atoms with E-state index in [4.69, 9.17) is 18.9 Å². The Labute approximate surface area is 240 Å². The van der Waals surface area contributed by atoms with Gasteiger partial charge in [-0.2, -0.15) is 0 Å². The van der Waals surface area contributed by atoms with Crippen molar-refractivity contribution in [3.63, 3.8) is 0 Å². The van der Waals surface area contributed by atoms with Gasteiger partial charge in [-0.1, -0.05) is 51.7 Å². The fraction of sp³-hybridized carbons (Fsp3) is 0.889. The van der Waals surface area contributed by atoms with Crippen LogP contribution in [-0.4, -0.2) is 140 Å². The fourth-order valence-electron chi connectivity index (χ4n) is 4.66. The van der Waals surface area contributed by atoms with Crippen LogP contribution in [0.15, 0.2) is 12.2 Å². The number of carbonyl (C=O) groups excluding carboxylic acids is 1. The summed E-state index contributed by atoms with van der Waals surface area (Å²) in [4.78, 5) is 12.1. The number of carbonyl (C=O) groups is 1. The van der Waals surface area contributed by atoms with E-state index >= 15 is 0 Å². The maximum absolute atomic E-state index is 12.1. The van der Waals surface area contributed by atoms with Crippen LogP contribution in [0.2, 0.25) is 0 Å². The molecule has 0 spiro atoms. The van der Waals surface area contributed by atoms with E-state index in [0.29, 0.717) is 0 Å². The molecule has 2 aliphatic heterocycles. The fourth-order valence-corrected chi connectivity index (χ4v) is 4.66. The highest BCUT2D eigenvalue weighted by atomic mass is 16.7. The average molecular weight is 596 g/mol. The SMILES string of the molecule is CCCCCCC/C=C/C(O)C(COC1OC(CO)C(OC2OC(CO)C(O)C(O)C2O)C(O)C1O)NC(=O)CC. The topological polar surface area (TPSA) is 228 Å². The van der Waals surface area contributed by atoms with Crippen molar-refractivity contribution >= 4 is 5.91 Å². The standard InChI is InChI=1S/C27H49NO13/c1-3-5-6-7-8-9-10-11-16(31)15(28-19(32)4-2)14-38-26-24(37)22(35)25(18(13-30)40-26)41-27-23(36)21(34)20(33)17(12-29)39-27/h10-11,15-18,20-27,29-31,33-37H,3-9,12-14H2,1-2H3,(H,28,32)/b11-10+. The van der Waals surface area contributed by atoms with Crippen LogP contribution in [0.3, 0.4) is 0 Å². The van der Waals surface area contributed by atoms with Gasteiger partial charge in [-0.15, -0.1) is 0 Å². The summed E-state index contributed by atoms with van der Waals surface area (Å²) in [5, 5.41) is 84.3. The lowest BCUT2D eigenvalue weighted by molar-refractivity contribution is -0.359. The molecule has 2 saturated heterocycles. The van der Waals surface area contributed by atoms with Gasteiger partial charge in [0.15, 0.2) is 12.6 Å². The van der Waals surface area contributed by atoms with E-state index in [1.165, 1.54) is 6.42 Å². The van der Waals surface area contributed by atoms with Crippen LogP contribution < -0.4 is 5.32 Å². The molecule has 41 heavy (non-hydrogen) atoms. The predicted octanol–water partition coefficient (Wildman–Crippen LogP) is -2.20. The van der Waals surface area contributed by atoms with Gasteiger partial charge in [-0.25, -0.2) is 0 Å². The molecular formula is C27H49NO13. The van der Waals surface area contributed by atoms with Gasteiger partial charge in [-0.05, 0) is 12.8 Å². The highest BCUT2D eigenvalue weighted by Crippen LogP contribution is 2.29. The summed E-state index contributed by atoms with van der Waals surface area (Å²) in [5.41, 5.74) is 0. The van der Waals surface area contributed by atoms with Crippen molar-refractivity contribution in [1.29, 1.82) is 0 Å². The van der Waals surface area contributed by atoms with E-state index in [1.807, 2.05) is 6.08 Å². The van der Waals surface area contributed by atoms with E-state index in [2.05, 4.69) is 12.2 Å². The summed E-state index contributed by atoms with van der Waals surface area (Å²) in [6.45, 7) is 2.06. The minimum atomic E-state index is -1.78. The van der Waals surface area contributed by atoms with Gasteiger partial charge < -0.3 is 65.1 Å². The number of nitrogens with one attached hydrogen (secondary N) is 1. The van der Waals surface area contributed by atoms with E-state index in [1.54, 1.807) is 13.0 Å². The van der Waals surface area contributed by atoms with E-state index < -0.39 is 86.8 Å². The number of amides is 1. The van der Waals surface area contributed by atoms with Gasteiger partial charge in [0.05, 0.1) is 32.0 Å². The van der Waals surface area contributed by atoms with E-state index in [9.17, 15) is 45.6 Å². The molecule has 12 unspecified atom stereocenters. The molecule has 2 aliphatic rings. The molecule has 0 radical (unpaired) electrons. The van der Waals surface area contributed by atoms with Crippen LogP contribution >= 0.6 is 0 Å².